The zero-order valence-electron chi connectivity index (χ0n) is 21.5. The van der Waals surface area contributed by atoms with Crippen LogP contribution >= 0.6 is 11.6 Å². The van der Waals surface area contributed by atoms with Crippen molar-refractivity contribution in [3.05, 3.63) is 93.5 Å². The molecular weight excluding hydrogens is 516 g/mol. The van der Waals surface area contributed by atoms with Gasteiger partial charge in [-0.3, -0.25) is 24.3 Å². The van der Waals surface area contributed by atoms with Gasteiger partial charge in [-0.1, -0.05) is 55.8 Å². The monoisotopic (exact) mass is 540 g/mol. The van der Waals surface area contributed by atoms with E-state index in [-0.39, 0.29) is 29.3 Å². The van der Waals surface area contributed by atoms with Crippen molar-refractivity contribution in [3.63, 3.8) is 0 Å². The Bertz CT molecular complexity index is 1780. The molecule has 1 N–H and O–H groups in total. The number of fused-ring (bicyclic) bond motifs is 8. The van der Waals surface area contributed by atoms with Gasteiger partial charge >= 0.3 is 0 Å². The van der Waals surface area contributed by atoms with Crippen molar-refractivity contribution < 1.29 is 14.3 Å². The molecule has 9 heteroatoms. The first-order valence-electron chi connectivity index (χ1n) is 12.9. The molecule has 1 spiro atoms. The van der Waals surface area contributed by atoms with Crippen LogP contribution in [0.2, 0.25) is 5.02 Å². The fraction of sp³-hybridized carbons (Fsp3) is 0.267. The summed E-state index contributed by atoms with van der Waals surface area (Å²) in [6, 6.07) is 19.2. The van der Waals surface area contributed by atoms with Crippen LogP contribution in [-0.2, 0) is 15.1 Å². The lowest BCUT2D eigenvalue weighted by Crippen LogP contribution is -2.51. The van der Waals surface area contributed by atoms with E-state index in [0.29, 0.717) is 38.9 Å². The molecule has 3 aliphatic heterocycles. The predicted molar refractivity (Wildman–Crippen MR) is 147 cm³/mol. The molecule has 0 radical (unpaired) electrons. The Balaban J connectivity index is 1.53. The van der Waals surface area contributed by atoms with Gasteiger partial charge in [-0.2, -0.15) is 0 Å². The second-order valence-corrected chi connectivity index (χ2v) is 11.1. The third-order valence-electron chi connectivity index (χ3n) is 8.40. The number of anilines is 1. The van der Waals surface area contributed by atoms with E-state index in [1.807, 2.05) is 50.2 Å². The molecule has 0 saturated carbocycles. The molecule has 1 aromatic heterocycles. The second kappa shape index (κ2) is 8.24. The fourth-order valence-corrected chi connectivity index (χ4v) is 6.97. The van der Waals surface area contributed by atoms with E-state index in [2.05, 4.69) is 5.32 Å². The first-order valence-corrected chi connectivity index (χ1v) is 13.3. The zero-order chi connectivity index (χ0) is 27.2. The minimum Gasteiger partial charge on any atom is -0.495 e. The average molecular weight is 541 g/mol. The molecule has 3 aromatic carbocycles. The summed E-state index contributed by atoms with van der Waals surface area (Å²) < 4.78 is 7.12. The Hall–Kier alpha value is -4.01. The van der Waals surface area contributed by atoms with Crippen molar-refractivity contribution in [2.45, 2.75) is 25.4 Å². The van der Waals surface area contributed by atoms with Crippen molar-refractivity contribution in [1.82, 2.24) is 14.9 Å². The van der Waals surface area contributed by atoms with Crippen LogP contribution in [0.1, 0.15) is 25.2 Å². The summed E-state index contributed by atoms with van der Waals surface area (Å²) in [5.41, 5.74) is 0.859. The number of nitrogens with one attached hydrogen (secondary N) is 1. The molecule has 2 fully saturated rings. The Kier molecular flexibility index (Phi) is 5.09. The Labute approximate surface area is 229 Å². The van der Waals surface area contributed by atoms with Gasteiger partial charge < -0.3 is 4.74 Å². The van der Waals surface area contributed by atoms with Gasteiger partial charge in [0.2, 0.25) is 11.8 Å². The van der Waals surface area contributed by atoms with Gasteiger partial charge in [-0.05, 0) is 42.3 Å². The van der Waals surface area contributed by atoms with E-state index in [0.717, 1.165) is 5.56 Å². The van der Waals surface area contributed by atoms with Crippen LogP contribution < -0.4 is 20.5 Å². The van der Waals surface area contributed by atoms with E-state index in [9.17, 15) is 14.4 Å². The van der Waals surface area contributed by atoms with Gasteiger partial charge in [-0.15, -0.1) is 0 Å². The highest BCUT2D eigenvalue weighted by Crippen LogP contribution is 2.57. The highest BCUT2D eigenvalue weighted by atomic mass is 35.5. The fourth-order valence-electron chi connectivity index (χ4n) is 6.80. The summed E-state index contributed by atoms with van der Waals surface area (Å²) in [5.74, 6) is -1.45. The SMILES string of the molecule is COc1ccc(Cl)cc1N1C(=O)[C@H]2[C@@H](C1=O)[C@]1(N[C@H]2C(C)C)c2ccccc2-n2c1nc1ccccc1c2=O. The van der Waals surface area contributed by atoms with E-state index in [4.69, 9.17) is 21.3 Å². The Morgan fingerprint density at radius 1 is 0.974 bits per heavy atom. The largest absolute Gasteiger partial charge is 0.495 e. The molecule has 2 saturated heterocycles. The molecule has 196 valence electrons. The summed E-state index contributed by atoms with van der Waals surface area (Å²) >= 11 is 6.31. The standard InChI is InChI=1S/C30H25ClN4O4/c1-15(2)25-23-24(28(38)34(27(23)37)21-14-16(31)12-13-22(21)39-3)30(33-25)18-9-5-7-11-20(18)35-26(36)17-8-4-6-10-19(17)32-29(30)35/h4-15,23-25,33H,1-3H3/t23-,24-,25-,30+/m0/s1. The topological polar surface area (TPSA) is 93.5 Å². The van der Waals surface area contributed by atoms with Crippen LogP contribution in [0.25, 0.3) is 16.6 Å². The Morgan fingerprint density at radius 3 is 2.49 bits per heavy atom. The van der Waals surface area contributed by atoms with Gasteiger partial charge in [0.05, 0.1) is 41.2 Å². The van der Waals surface area contributed by atoms with Crippen molar-refractivity contribution in [1.29, 1.82) is 0 Å². The molecule has 39 heavy (non-hydrogen) atoms. The number of ether oxygens (including phenoxy) is 1. The number of hydrogen-bond donors (Lipinski definition) is 1. The summed E-state index contributed by atoms with van der Waals surface area (Å²) in [5, 5.41) is 4.57. The first-order chi connectivity index (χ1) is 18.8. The van der Waals surface area contributed by atoms with Crippen LogP contribution in [0.4, 0.5) is 5.69 Å². The number of halogens is 1. The number of rotatable bonds is 3. The van der Waals surface area contributed by atoms with Gasteiger partial charge in [0.1, 0.15) is 17.1 Å². The van der Waals surface area contributed by atoms with Gasteiger partial charge in [0.15, 0.2) is 0 Å². The second-order valence-electron chi connectivity index (χ2n) is 10.7. The normalized spacial score (nSPS) is 25.1. The van der Waals surface area contributed by atoms with Crippen LogP contribution in [0.5, 0.6) is 5.75 Å². The number of benzene rings is 3. The molecule has 3 aliphatic rings. The molecule has 8 nitrogen and oxygen atoms in total. The number of carbonyl (C=O) groups is 2. The number of aromatic nitrogens is 2. The summed E-state index contributed by atoms with van der Waals surface area (Å²) in [6.07, 6.45) is 0. The molecule has 4 heterocycles. The molecule has 4 aromatic rings. The number of para-hydroxylation sites is 2. The minimum absolute atomic E-state index is 0.00298. The molecule has 0 aliphatic carbocycles. The van der Waals surface area contributed by atoms with E-state index >= 15 is 0 Å². The van der Waals surface area contributed by atoms with Crippen LogP contribution in [0, 0.1) is 17.8 Å². The Morgan fingerprint density at radius 2 is 1.72 bits per heavy atom. The number of hydrogen-bond acceptors (Lipinski definition) is 6. The number of imide groups is 1. The van der Waals surface area contributed by atoms with E-state index in [1.165, 1.54) is 12.0 Å². The summed E-state index contributed by atoms with van der Waals surface area (Å²) in [6.45, 7) is 4.05. The molecule has 7 rings (SSSR count). The summed E-state index contributed by atoms with van der Waals surface area (Å²) in [4.78, 5) is 48.8. The predicted octanol–water partition coefficient (Wildman–Crippen LogP) is 4.04. The van der Waals surface area contributed by atoms with E-state index in [1.54, 1.807) is 34.9 Å². The number of amides is 2. The van der Waals surface area contributed by atoms with Gasteiger partial charge in [-0.25, -0.2) is 9.88 Å². The number of carbonyl (C=O) groups excluding carboxylic acids is 2. The lowest BCUT2D eigenvalue weighted by molar-refractivity contribution is -0.123. The van der Waals surface area contributed by atoms with Crippen LogP contribution in [0.3, 0.4) is 0 Å². The first kappa shape index (κ1) is 24.1. The molecule has 2 amide bonds. The summed E-state index contributed by atoms with van der Waals surface area (Å²) in [7, 11) is 1.49. The quantitative estimate of drug-likeness (QED) is 0.394. The van der Waals surface area contributed by atoms with Crippen LogP contribution in [-0.4, -0.2) is 34.5 Å². The van der Waals surface area contributed by atoms with Crippen LogP contribution in [0.15, 0.2) is 71.5 Å². The third kappa shape index (κ3) is 2.98. The average Bonchev–Trinajstić information content (AvgIpc) is 3.52. The smallest absolute Gasteiger partial charge is 0.266 e. The molecule has 0 bridgehead atoms. The van der Waals surface area contributed by atoms with Crippen molar-refractivity contribution >= 4 is 40.0 Å². The maximum Gasteiger partial charge on any atom is 0.266 e. The zero-order valence-corrected chi connectivity index (χ0v) is 22.3. The maximum atomic E-state index is 14.5. The van der Waals surface area contributed by atoms with Crippen molar-refractivity contribution in [3.8, 4) is 11.4 Å². The highest BCUT2D eigenvalue weighted by Gasteiger charge is 2.70. The molecular formula is C30H25ClN4O4. The number of methoxy groups -OCH3 is 1. The molecule has 0 unspecified atom stereocenters. The minimum atomic E-state index is -1.19. The molecule has 4 atom stereocenters. The van der Waals surface area contributed by atoms with Crippen molar-refractivity contribution in [2.75, 3.05) is 12.0 Å². The van der Waals surface area contributed by atoms with Gasteiger partial charge in [0, 0.05) is 16.6 Å². The van der Waals surface area contributed by atoms with E-state index < -0.39 is 17.4 Å². The third-order valence-corrected chi connectivity index (χ3v) is 8.63. The maximum absolute atomic E-state index is 14.5. The highest BCUT2D eigenvalue weighted by molar-refractivity contribution is 6.31. The van der Waals surface area contributed by atoms with Gasteiger partial charge in [0.25, 0.3) is 5.56 Å². The lowest BCUT2D eigenvalue weighted by atomic mass is 9.75. The lowest BCUT2D eigenvalue weighted by Gasteiger charge is -2.32. The number of nitrogens with zero attached hydrogens (tertiary/aromatic N) is 3. The van der Waals surface area contributed by atoms with Crippen molar-refractivity contribution in [2.24, 2.45) is 17.8 Å².